The average Bonchev–Trinajstić information content (AvgIpc) is 3.28. The first-order chi connectivity index (χ1) is 12.9. The van der Waals surface area contributed by atoms with E-state index in [1.165, 1.54) is 6.07 Å². The number of nitrogens with one attached hydrogen (secondary N) is 2. The van der Waals surface area contributed by atoms with Gasteiger partial charge in [0.25, 0.3) is 5.89 Å². The van der Waals surface area contributed by atoms with Gasteiger partial charge in [-0.1, -0.05) is 5.16 Å². The summed E-state index contributed by atoms with van der Waals surface area (Å²) in [5.41, 5.74) is 1.49. The molecule has 0 radical (unpaired) electrons. The Morgan fingerprint density at radius 2 is 2.15 bits per heavy atom. The van der Waals surface area contributed by atoms with E-state index in [9.17, 15) is 13.2 Å². The number of amides is 1. The molecule has 10 heteroatoms. The van der Waals surface area contributed by atoms with Crippen LogP contribution in [0.25, 0.3) is 0 Å². The number of aromatic nitrogens is 2. The van der Waals surface area contributed by atoms with E-state index in [4.69, 9.17) is 9.26 Å². The van der Waals surface area contributed by atoms with Gasteiger partial charge in [-0.25, -0.2) is 13.1 Å². The molecule has 2 atom stereocenters. The van der Waals surface area contributed by atoms with Crippen LogP contribution in [0.1, 0.15) is 42.6 Å². The number of sulfonamides is 1. The molecule has 1 saturated heterocycles. The molecule has 1 aromatic carbocycles. The van der Waals surface area contributed by atoms with E-state index in [1.54, 1.807) is 19.1 Å². The number of rotatable bonds is 5. The first kappa shape index (κ1) is 18.1. The van der Waals surface area contributed by atoms with Crippen LogP contribution < -0.4 is 10.0 Å². The second-order valence-electron chi connectivity index (χ2n) is 6.72. The second-order valence-corrected chi connectivity index (χ2v) is 8.49. The third-order valence-electron chi connectivity index (χ3n) is 4.71. The highest BCUT2D eigenvalue weighted by Crippen LogP contribution is 2.31. The van der Waals surface area contributed by atoms with Crippen molar-refractivity contribution in [2.75, 3.05) is 11.9 Å². The Labute approximate surface area is 156 Å². The van der Waals surface area contributed by atoms with E-state index >= 15 is 0 Å². The minimum atomic E-state index is -3.67. The number of hydrogen-bond acceptors (Lipinski definition) is 7. The highest BCUT2D eigenvalue weighted by Gasteiger charge is 2.31. The van der Waals surface area contributed by atoms with Crippen LogP contribution in [0.2, 0.25) is 0 Å². The van der Waals surface area contributed by atoms with Crippen LogP contribution in [-0.4, -0.2) is 37.1 Å². The van der Waals surface area contributed by atoms with E-state index < -0.39 is 10.0 Å². The van der Waals surface area contributed by atoms with Crippen LogP contribution in [0.3, 0.4) is 0 Å². The molecule has 1 fully saturated rings. The van der Waals surface area contributed by atoms with Crippen LogP contribution in [0.15, 0.2) is 27.6 Å². The van der Waals surface area contributed by atoms with E-state index in [-0.39, 0.29) is 29.6 Å². The van der Waals surface area contributed by atoms with Gasteiger partial charge in [0, 0.05) is 18.7 Å². The molecule has 2 N–H and O–H groups in total. The minimum Gasteiger partial charge on any atom is -0.364 e. The molecule has 0 saturated carbocycles. The molecule has 1 amide bonds. The van der Waals surface area contributed by atoms with Crippen molar-refractivity contribution < 1.29 is 22.5 Å². The fourth-order valence-electron chi connectivity index (χ4n) is 3.29. The Balaban J connectivity index is 1.39. The number of carbonyl (C=O) groups is 1. The Morgan fingerprint density at radius 1 is 1.30 bits per heavy atom. The number of anilines is 1. The summed E-state index contributed by atoms with van der Waals surface area (Å²) in [5, 5.41) is 6.49. The van der Waals surface area contributed by atoms with Gasteiger partial charge in [-0.2, -0.15) is 4.98 Å². The zero-order valence-electron chi connectivity index (χ0n) is 14.8. The molecule has 3 heterocycles. The van der Waals surface area contributed by atoms with Crippen LogP contribution in [0.5, 0.6) is 0 Å². The molecule has 0 bridgehead atoms. The molecule has 4 rings (SSSR count). The van der Waals surface area contributed by atoms with Crippen molar-refractivity contribution in [3.05, 3.63) is 35.5 Å². The van der Waals surface area contributed by atoms with Crippen molar-refractivity contribution in [3.8, 4) is 0 Å². The molecular weight excluding hydrogens is 372 g/mol. The number of aryl methyl sites for hydroxylation is 2. The normalized spacial score (nSPS) is 22.5. The summed E-state index contributed by atoms with van der Waals surface area (Å²) in [7, 11) is -3.67. The minimum absolute atomic E-state index is 0.0550. The molecule has 1 aromatic heterocycles. The van der Waals surface area contributed by atoms with Crippen molar-refractivity contribution in [1.82, 2.24) is 14.9 Å². The van der Waals surface area contributed by atoms with E-state index in [2.05, 4.69) is 20.2 Å². The largest absolute Gasteiger partial charge is 0.364 e. The molecule has 2 aliphatic heterocycles. The number of hydrogen-bond donors (Lipinski definition) is 2. The molecule has 144 valence electrons. The SMILES string of the molecule is Cc1noc([C@@H]2CC[C@H](CNS(=O)(=O)c3ccc4c(c3)CCC(=O)N4)O2)n1. The number of benzene rings is 1. The van der Waals surface area contributed by atoms with Crippen LogP contribution in [0.4, 0.5) is 5.69 Å². The lowest BCUT2D eigenvalue weighted by Crippen LogP contribution is -2.32. The number of nitrogens with zero attached hydrogens (tertiary/aromatic N) is 2. The lowest BCUT2D eigenvalue weighted by atomic mass is 10.0. The molecule has 0 aliphatic carbocycles. The Hall–Kier alpha value is -2.30. The standard InChI is InChI=1S/C17H20N4O5S/c1-10-19-17(26-21-10)15-6-3-12(25-15)9-18-27(23,24)13-4-5-14-11(8-13)2-7-16(22)20-14/h4-5,8,12,15,18H,2-3,6-7,9H2,1H3,(H,20,22)/t12-,15+/m1/s1. The van der Waals surface area contributed by atoms with Gasteiger partial charge in [0.1, 0.15) is 6.10 Å². The van der Waals surface area contributed by atoms with Gasteiger partial charge in [0.2, 0.25) is 15.9 Å². The van der Waals surface area contributed by atoms with Gasteiger partial charge in [-0.15, -0.1) is 0 Å². The maximum absolute atomic E-state index is 12.6. The van der Waals surface area contributed by atoms with Crippen LogP contribution >= 0.6 is 0 Å². The zero-order valence-corrected chi connectivity index (χ0v) is 15.6. The maximum atomic E-state index is 12.6. The molecular formula is C17H20N4O5S. The van der Waals surface area contributed by atoms with Gasteiger partial charge in [-0.3, -0.25) is 4.79 Å². The fourth-order valence-corrected chi connectivity index (χ4v) is 4.41. The molecule has 9 nitrogen and oxygen atoms in total. The molecule has 2 aromatic rings. The Bertz CT molecular complexity index is 971. The summed E-state index contributed by atoms with van der Waals surface area (Å²) in [5.74, 6) is 0.913. The van der Waals surface area contributed by atoms with Gasteiger partial charge in [-0.05, 0) is 49.9 Å². The lowest BCUT2D eigenvalue weighted by Gasteiger charge is -2.18. The summed E-state index contributed by atoms with van der Waals surface area (Å²) in [6, 6.07) is 4.73. The van der Waals surface area contributed by atoms with E-state index in [0.29, 0.717) is 43.1 Å². The summed E-state index contributed by atoms with van der Waals surface area (Å²) >= 11 is 0. The third-order valence-corrected chi connectivity index (χ3v) is 6.13. The lowest BCUT2D eigenvalue weighted by molar-refractivity contribution is -0.116. The predicted octanol–water partition coefficient (Wildman–Crippen LogP) is 1.46. The van der Waals surface area contributed by atoms with Crippen molar-refractivity contribution in [2.45, 2.75) is 49.7 Å². The quantitative estimate of drug-likeness (QED) is 0.789. The van der Waals surface area contributed by atoms with Gasteiger partial charge in [0.15, 0.2) is 5.82 Å². The van der Waals surface area contributed by atoms with Crippen molar-refractivity contribution in [1.29, 1.82) is 0 Å². The monoisotopic (exact) mass is 392 g/mol. The average molecular weight is 392 g/mol. The number of fused-ring (bicyclic) bond motifs is 1. The third kappa shape index (κ3) is 3.87. The summed E-state index contributed by atoms with van der Waals surface area (Å²) < 4.78 is 38.7. The number of carbonyl (C=O) groups excluding carboxylic acids is 1. The fraction of sp³-hybridized carbons (Fsp3) is 0.471. The van der Waals surface area contributed by atoms with Crippen LogP contribution in [-0.2, 0) is 26.0 Å². The van der Waals surface area contributed by atoms with Gasteiger partial charge >= 0.3 is 0 Å². The first-order valence-electron chi connectivity index (χ1n) is 8.79. The number of ether oxygens (including phenoxy) is 1. The van der Waals surface area contributed by atoms with E-state index in [0.717, 1.165) is 5.56 Å². The highest BCUT2D eigenvalue weighted by molar-refractivity contribution is 7.89. The van der Waals surface area contributed by atoms with Crippen molar-refractivity contribution in [3.63, 3.8) is 0 Å². The van der Waals surface area contributed by atoms with Gasteiger partial charge in [0.05, 0.1) is 11.0 Å². The summed E-state index contributed by atoms with van der Waals surface area (Å²) in [4.78, 5) is 15.8. The van der Waals surface area contributed by atoms with E-state index in [1.807, 2.05) is 0 Å². The highest BCUT2D eigenvalue weighted by atomic mass is 32.2. The molecule has 27 heavy (non-hydrogen) atoms. The Morgan fingerprint density at radius 3 is 2.93 bits per heavy atom. The molecule has 0 spiro atoms. The smallest absolute Gasteiger partial charge is 0.255 e. The Kier molecular flexibility index (Phi) is 4.70. The second kappa shape index (κ2) is 7.02. The summed E-state index contributed by atoms with van der Waals surface area (Å²) in [6.07, 6.45) is 1.73. The zero-order chi connectivity index (χ0) is 19.0. The first-order valence-corrected chi connectivity index (χ1v) is 10.3. The topological polar surface area (TPSA) is 123 Å². The van der Waals surface area contributed by atoms with Crippen molar-refractivity contribution >= 4 is 21.6 Å². The molecule has 0 unspecified atom stereocenters. The summed E-state index contributed by atoms with van der Waals surface area (Å²) in [6.45, 7) is 1.90. The van der Waals surface area contributed by atoms with Crippen molar-refractivity contribution in [2.24, 2.45) is 0 Å². The molecule has 2 aliphatic rings. The predicted molar refractivity (Wildman–Crippen MR) is 94.5 cm³/mol. The van der Waals surface area contributed by atoms with Crippen LogP contribution in [0, 0.1) is 6.92 Å². The maximum Gasteiger partial charge on any atom is 0.255 e. The van der Waals surface area contributed by atoms with Gasteiger partial charge < -0.3 is 14.6 Å².